The summed E-state index contributed by atoms with van der Waals surface area (Å²) in [7, 11) is 0. The highest BCUT2D eigenvalue weighted by molar-refractivity contribution is 5.95. The molecule has 1 aromatic carbocycles. The highest BCUT2D eigenvalue weighted by atomic mass is 16.5. The van der Waals surface area contributed by atoms with Gasteiger partial charge in [0.25, 0.3) is 5.91 Å². The van der Waals surface area contributed by atoms with E-state index in [0.717, 1.165) is 18.4 Å². The maximum Gasteiger partial charge on any atom is 0.251 e. The molecule has 2 rings (SSSR count). The van der Waals surface area contributed by atoms with E-state index in [9.17, 15) is 9.90 Å². The Hall–Kier alpha value is -1.55. The summed E-state index contributed by atoms with van der Waals surface area (Å²) in [4.78, 5) is 12.1. The van der Waals surface area contributed by atoms with E-state index >= 15 is 0 Å². The average Bonchev–Trinajstić information content (AvgIpc) is 2.28. The summed E-state index contributed by atoms with van der Waals surface area (Å²) in [6, 6.07) is 4.97. The van der Waals surface area contributed by atoms with Crippen molar-refractivity contribution < 1.29 is 14.6 Å². The zero-order chi connectivity index (χ0) is 13.1. The summed E-state index contributed by atoms with van der Waals surface area (Å²) in [5.74, 6) is 0.107. The van der Waals surface area contributed by atoms with Gasteiger partial charge in [-0.2, -0.15) is 0 Å². The number of rotatable bonds is 2. The van der Waals surface area contributed by atoms with E-state index in [2.05, 4.69) is 5.32 Å². The number of aromatic hydroxyl groups is 1. The number of benzene rings is 1. The smallest absolute Gasteiger partial charge is 0.251 e. The number of carbonyl (C=O) groups is 1. The Bertz CT molecular complexity index is 445. The minimum absolute atomic E-state index is 0.0772. The molecule has 1 saturated heterocycles. The predicted octanol–water partition coefficient (Wildman–Crippen LogP) is 2.00. The van der Waals surface area contributed by atoms with Crippen molar-refractivity contribution in [2.45, 2.75) is 38.8 Å². The average molecular weight is 249 g/mol. The van der Waals surface area contributed by atoms with Crippen LogP contribution in [0.15, 0.2) is 18.2 Å². The van der Waals surface area contributed by atoms with E-state index in [1.54, 1.807) is 12.1 Å². The topological polar surface area (TPSA) is 58.6 Å². The van der Waals surface area contributed by atoms with Gasteiger partial charge in [0.15, 0.2) is 0 Å². The van der Waals surface area contributed by atoms with Crippen molar-refractivity contribution in [3.8, 4) is 5.75 Å². The third-order valence-corrected chi connectivity index (χ3v) is 3.27. The Labute approximate surface area is 107 Å². The van der Waals surface area contributed by atoms with Gasteiger partial charge in [-0.1, -0.05) is 0 Å². The lowest BCUT2D eigenvalue weighted by atomic mass is 10.0. The van der Waals surface area contributed by atoms with Gasteiger partial charge in [0.2, 0.25) is 0 Å². The van der Waals surface area contributed by atoms with E-state index in [1.165, 1.54) is 6.07 Å². The molecule has 0 radical (unpaired) electrons. The largest absolute Gasteiger partial charge is 0.508 e. The second-order valence-corrected chi connectivity index (χ2v) is 4.88. The second-order valence-electron chi connectivity index (χ2n) is 4.88. The molecule has 4 nitrogen and oxygen atoms in total. The molecule has 1 fully saturated rings. The molecule has 0 saturated carbocycles. The summed E-state index contributed by atoms with van der Waals surface area (Å²) < 4.78 is 5.45. The second kappa shape index (κ2) is 5.40. The van der Waals surface area contributed by atoms with Gasteiger partial charge in [-0.25, -0.2) is 0 Å². The van der Waals surface area contributed by atoms with Crippen molar-refractivity contribution in [3.05, 3.63) is 29.3 Å². The molecule has 2 atom stereocenters. The lowest BCUT2D eigenvalue weighted by Crippen LogP contribution is -2.41. The molecular weight excluding hydrogens is 230 g/mol. The molecule has 1 aliphatic heterocycles. The summed E-state index contributed by atoms with van der Waals surface area (Å²) in [5.41, 5.74) is 1.40. The fraction of sp³-hybridized carbons (Fsp3) is 0.500. The predicted molar refractivity (Wildman–Crippen MR) is 68.7 cm³/mol. The highest BCUT2D eigenvalue weighted by Crippen LogP contribution is 2.17. The number of ether oxygens (including phenoxy) is 1. The van der Waals surface area contributed by atoms with Crippen LogP contribution in [0.4, 0.5) is 0 Å². The molecule has 1 aliphatic rings. The van der Waals surface area contributed by atoms with Gasteiger partial charge in [0.05, 0.1) is 6.10 Å². The Kier molecular flexibility index (Phi) is 3.87. The standard InChI is InChI=1S/C14H19NO3/c1-9-7-12(16)3-4-13(9)14(17)15-11-5-6-18-10(2)8-11/h3-4,7,10-11,16H,5-6,8H2,1-2H3,(H,15,17). The van der Waals surface area contributed by atoms with Crippen LogP contribution in [0.25, 0.3) is 0 Å². The van der Waals surface area contributed by atoms with E-state index in [1.807, 2.05) is 13.8 Å². The SMILES string of the molecule is Cc1cc(O)ccc1C(=O)NC1CCOC(C)C1. The van der Waals surface area contributed by atoms with Gasteiger partial charge in [-0.15, -0.1) is 0 Å². The Morgan fingerprint density at radius 3 is 2.94 bits per heavy atom. The summed E-state index contributed by atoms with van der Waals surface area (Å²) >= 11 is 0. The van der Waals surface area contributed by atoms with Crippen LogP contribution in [0.2, 0.25) is 0 Å². The first-order valence-electron chi connectivity index (χ1n) is 6.28. The maximum absolute atomic E-state index is 12.1. The van der Waals surface area contributed by atoms with Crippen molar-refractivity contribution in [2.24, 2.45) is 0 Å². The number of hydrogen-bond donors (Lipinski definition) is 2. The van der Waals surface area contributed by atoms with Crippen LogP contribution in [0, 0.1) is 6.92 Å². The quantitative estimate of drug-likeness (QED) is 0.842. The number of phenolic OH excluding ortho intramolecular Hbond substituents is 1. The van der Waals surface area contributed by atoms with Crippen molar-refractivity contribution >= 4 is 5.91 Å². The number of phenols is 1. The first kappa shape index (κ1) is 12.9. The molecule has 1 heterocycles. The Morgan fingerprint density at radius 1 is 1.50 bits per heavy atom. The van der Waals surface area contributed by atoms with Crippen LogP contribution in [0.3, 0.4) is 0 Å². The summed E-state index contributed by atoms with van der Waals surface area (Å²) in [6.07, 6.45) is 1.90. The number of carbonyl (C=O) groups excluding carboxylic acids is 1. The number of aryl methyl sites for hydroxylation is 1. The molecule has 18 heavy (non-hydrogen) atoms. The minimum atomic E-state index is -0.0772. The summed E-state index contributed by atoms with van der Waals surface area (Å²) in [5, 5.41) is 12.4. The first-order chi connectivity index (χ1) is 8.56. The molecule has 0 spiro atoms. The Balaban J connectivity index is 2.03. The molecule has 4 heteroatoms. The first-order valence-corrected chi connectivity index (χ1v) is 6.28. The van der Waals surface area contributed by atoms with Crippen molar-refractivity contribution in [1.82, 2.24) is 5.32 Å². The lowest BCUT2D eigenvalue weighted by Gasteiger charge is -2.28. The molecule has 2 N–H and O–H groups in total. The maximum atomic E-state index is 12.1. The number of amides is 1. The van der Waals surface area contributed by atoms with E-state index in [4.69, 9.17) is 4.74 Å². The van der Waals surface area contributed by atoms with Crippen LogP contribution in [-0.2, 0) is 4.74 Å². The Morgan fingerprint density at radius 2 is 2.28 bits per heavy atom. The molecule has 0 bridgehead atoms. The van der Waals surface area contributed by atoms with E-state index in [-0.39, 0.29) is 23.8 Å². The molecule has 1 amide bonds. The van der Waals surface area contributed by atoms with Gasteiger partial charge < -0.3 is 15.2 Å². The van der Waals surface area contributed by atoms with Gasteiger partial charge in [0, 0.05) is 18.2 Å². The van der Waals surface area contributed by atoms with Gasteiger partial charge in [-0.05, 0) is 50.5 Å². The van der Waals surface area contributed by atoms with Crippen LogP contribution in [-0.4, -0.2) is 29.8 Å². The van der Waals surface area contributed by atoms with Crippen LogP contribution in [0.5, 0.6) is 5.75 Å². The lowest BCUT2D eigenvalue weighted by molar-refractivity contribution is 0.0136. The normalized spacial score (nSPS) is 23.7. The van der Waals surface area contributed by atoms with Crippen LogP contribution < -0.4 is 5.32 Å². The van der Waals surface area contributed by atoms with Crippen molar-refractivity contribution in [3.63, 3.8) is 0 Å². The summed E-state index contributed by atoms with van der Waals surface area (Å²) in [6.45, 7) is 4.53. The fourth-order valence-electron chi connectivity index (χ4n) is 2.29. The van der Waals surface area contributed by atoms with E-state index < -0.39 is 0 Å². The number of hydrogen-bond acceptors (Lipinski definition) is 3. The zero-order valence-electron chi connectivity index (χ0n) is 10.8. The minimum Gasteiger partial charge on any atom is -0.508 e. The molecule has 0 aromatic heterocycles. The molecule has 98 valence electrons. The van der Waals surface area contributed by atoms with Gasteiger partial charge >= 0.3 is 0 Å². The van der Waals surface area contributed by atoms with Gasteiger partial charge in [-0.3, -0.25) is 4.79 Å². The van der Waals surface area contributed by atoms with Crippen LogP contribution >= 0.6 is 0 Å². The third-order valence-electron chi connectivity index (χ3n) is 3.27. The van der Waals surface area contributed by atoms with Crippen molar-refractivity contribution in [1.29, 1.82) is 0 Å². The van der Waals surface area contributed by atoms with Crippen molar-refractivity contribution in [2.75, 3.05) is 6.61 Å². The number of nitrogens with one attached hydrogen (secondary N) is 1. The van der Waals surface area contributed by atoms with Crippen LogP contribution in [0.1, 0.15) is 35.7 Å². The zero-order valence-corrected chi connectivity index (χ0v) is 10.8. The molecule has 1 aromatic rings. The van der Waals surface area contributed by atoms with Gasteiger partial charge in [0.1, 0.15) is 5.75 Å². The monoisotopic (exact) mass is 249 g/mol. The van der Waals surface area contributed by atoms with E-state index in [0.29, 0.717) is 12.2 Å². The highest BCUT2D eigenvalue weighted by Gasteiger charge is 2.21. The molecule has 2 unspecified atom stereocenters. The third kappa shape index (κ3) is 3.01. The fourth-order valence-corrected chi connectivity index (χ4v) is 2.29. The molecular formula is C14H19NO3. The molecule has 0 aliphatic carbocycles.